The summed E-state index contributed by atoms with van der Waals surface area (Å²) in [6.45, 7) is 3.12. The van der Waals surface area contributed by atoms with Crippen molar-refractivity contribution in [1.29, 1.82) is 0 Å². The van der Waals surface area contributed by atoms with Crippen LogP contribution in [0, 0.1) is 6.92 Å². The highest BCUT2D eigenvalue weighted by molar-refractivity contribution is 4.71. The van der Waals surface area contributed by atoms with E-state index in [-0.39, 0.29) is 6.42 Å². The lowest BCUT2D eigenvalue weighted by atomic mass is 10.1. The molecule has 1 atom stereocenters. The molecule has 0 amide bonds. The molecule has 5 heteroatoms. The van der Waals surface area contributed by atoms with Gasteiger partial charge in [-0.25, -0.2) is 22.0 Å². The van der Waals surface area contributed by atoms with Gasteiger partial charge in [0.25, 0.3) is 0 Å². The van der Waals surface area contributed by atoms with Crippen molar-refractivity contribution in [2.75, 3.05) is 0 Å². The molecule has 1 radical (unpaired) electrons. The quantitative estimate of drug-likeness (QED) is 0.582. The maximum Gasteiger partial charge on any atom is 0.307 e. The first-order valence-electron chi connectivity index (χ1n) is 3.49. The van der Waals surface area contributed by atoms with Crippen LogP contribution in [0.5, 0.6) is 0 Å². The Morgan fingerprint density at radius 1 is 1.17 bits per heavy atom. The van der Waals surface area contributed by atoms with Crippen LogP contribution in [0.4, 0.5) is 22.0 Å². The van der Waals surface area contributed by atoms with E-state index in [4.69, 9.17) is 0 Å². The van der Waals surface area contributed by atoms with E-state index in [0.29, 0.717) is 0 Å². The van der Waals surface area contributed by atoms with Crippen molar-refractivity contribution < 1.29 is 22.0 Å². The Labute approximate surface area is 67.8 Å². The van der Waals surface area contributed by atoms with Crippen molar-refractivity contribution in [3.63, 3.8) is 0 Å². The third kappa shape index (κ3) is 3.88. The highest BCUT2D eigenvalue weighted by Crippen LogP contribution is 2.29. The lowest BCUT2D eigenvalue weighted by Gasteiger charge is -2.15. The summed E-state index contributed by atoms with van der Waals surface area (Å²) in [6, 6.07) is 0. The van der Waals surface area contributed by atoms with Gasteiger partial charge in [-0.15, -0.1) is 0 Å². The Morgan fingerprint density at radius 2 is 1.67 bits per heavy atom. The van der Waals surface area contributed by atoms with Gasteiger partial charge in [0.2, 0.25) is 0 Å². The van der Waals surface area contributed by atoms with Crippen LogP contribution in [0.2, 0.25) is 0 Å². The molecule has 0 aromatic rings. The summed E-state index contributed by atoms with van der Waals surface area (Å²) < 4.78 is 59.5. The van der Waals surface area contributed by atoms with E-state index in [1.165, 1.54) is 0 Å². The number of hydrogen-bond acceptors (Lipinski definition) is 0. The summed E-state index contributed by atoms with van der Waals surface area (Å²) >= 11 is 0. The molecule has 0 aromatic heterocycles. The van der Waals surface area contributed by atoms with Crippen molar-refractivity contribution in [1.82, 2.24) is 0 Å². The zero-order valence-corrected chi connectivity index (χ0v) is 6.37. The third-order valence-electron chi connectivity index (χ3n) is 1.42. The van der Waals surface area contributed by atoms with Gasteiger partial charge in [0.15, 0.2) is 0 Å². The highest BCUT2D eigenvalue weighted by Gasteiger charge is 2.40. The SMILES string of the molecule is [CH2]C[C@H](F)CCC(F)(F)C(F)F. The second kappa shape index (κ2) is 4.62. The fourth-order valence-electron chi connectivity index (χ4n) is 0.603. The molecule has 0 spiro atoms. The van der Waals surface area contributed by atoms with Gasteiger partial charge in [0.05, 0.1) is 0 Å². The Morgan fingerprint density at radius 3 is 2.00 bits per heavy atom. The van der Waals surface area contributed by atoms with Crippen LogP contribution in [0.3, 0.4) is 0 Å². The zero-order chi connectivity index (χ0) is 9.78. The summed E-state index contributed by atoms with van der Waals surface area (Å²) in [6.07, 6.45) is -7.09. The molecule has 0 bridgehead atoms. The molecule has 0 rings (SSSR count). The fraction of sp³-hybridized carbons (Fsp3) is 0.857. The van der Waals surface area contributed by atoms with Crippen LogP contribution in [0.25, 0.3) is 0 Å². The van der Waals surface area contributed by atoms with Gasteiger partial charge in [-0.05, 0) is 12.8 Å². The minimum atomic E-state index is -4.07. The van der Waals surface area contributed by atoms with E-state index < -0.39 is 31.4 Å². The molecule has 0 aliphatic heterocycles. The summed E-state index contributed by atoms with van der Waals surface area (Å²) in [4.78, 5) is 0. The Bertz CT molecular complexity index is 123. The predicted molar refractivity (Wildman–Crippen MR) is 35.1 cm³/mol. The summed E-state index contributed by atoms with van der Waals surface area (Å²) in [7, 11) is 0. The minimum absolute atomic E-state index is 0.167. The highest BCUT2D eigenvalue weighted by atomic mass is 19.3. The van der Waals surface area contributed by atoms with Crippen LogP contribution < -0.4 is 0 Å². The molecule has 0 aliphatic rings. The average Bonchev–Trinajstić information content (AvgIpc) is 2.00. The van der Waals surface area contributed by atoms with E-state index in [0.717, 1.165) is 0 Å². The molecule has 0 aliphatic carbocycles. The van der Waals surface area contributed by atoms with Gasteiger partial charge in [-0.3, -0.25) is 0 Å². The normalized spacial score (nSPS) is 15.2. The van der Waals surface area contributed by atoms with Crippen molar-refractivity contribution in [2.45, 2.75) is 37.8 Å². The molecule has 0 aromatic carbocycles. The number of hydrogen-bond donors (Lipinski definition) is 0. The standard InChI is InChI=1S/C7H10F5/c1-2-5(8)3-4-7(11,12)6(9)10/h5-6H,1-4H2/t5-/m0/s1. The Balaban J connectivity index is 3.75. The topological polar surface area (TPSA) is 0 Å². The van der Waals surface area contributed by atoms with Gasteiger partial charge in [0.1, 0.15) is 6.17 Å². The van der Waals surface area contributed by atoms with Crippen LogP contribution in [-0.4, -0.2) is 18.5 Å². The number of alkyl halides is 5. The molecular weight excluding hydrogens is 179 g/mol. The predicted octanol–water partition coefficient (Wildman–Crippen LogP) is 3.23. The second-order valence-corrected chi connectivity index (χ2v) is 2.49. The third-order valence-corrected chi connectivity index (χ3v) is 1.42. The minimum Gasteiger partial charge on any atom is -0.247 e. The first-order valence-corrected chi connectivity index (χ1v) is 3.49. The van der Waals surface area contributed by atoms with E-state index in [2.05, 4.69) is 6.92 Å². The average molecular weight is 189 g/mol. The first-order chi connectivity index (χ1) is 5.40. The number of rotatable bonds is 5. The van der Waals surface area contributed by atoms with Gasteiger partial charge in [0, 0.05) is 6.42 Å². The maximum absolute atomic E-state index is 12.3. The van der Waals surface area contributed by atoms with E-state index >= 15 is 0 Å². The van der Waals surface area contributed by atoms with E-state index in [1.54, 1.807) is 0 Å². The molecule has 0 saturated heterocycles. The summed E-state index contributed by atoms with van der Waals surface area (Å²) in [5, 5.41) is 0. The smallest absolute Gasteiger partial charge is 0.247 e. The van der Waals surface area contributed by atoms with Crippen LogP contribution >= 0.6 is 0 Å². The largest absolute Gasteiger partial charge is 0.307 e. The van der Waals surface area contributed by atoms with E-state index in [1.807, 2.05) is 0 Å². The molecule has 0 saturated carbocycles. The monoisotopic (exact) mass is 189 g/mol. The van der Waals surface area contributed by atoms with Crippen molar-refractivity contribution in [3.05, 3.63) is 6.92 Å². The van der Waals surface area contributed by atoms with Gasteiger partial charge in [-0.2, -0.15) is 0 Å². The lowest BCUT2D eigenvalue weighted by molar-refractivity contribution is -0.135. The van der Waals surface area contributed by atoms with Gasteiger partial charge in [-0.1, -0.05) is 6.92 Å². The summed E-state index contributed by atoms with van der Waals surface area (Å²) in [5.74, 6) is -4.07. The molecular formula is C7H10F5. The fourth-order valence-corrected chi connectivity index (χ4v) is 0.603. The number of halogens is 5. The maximum atomic E-state index is 12.3. The second-order valence-electron chi connectivity index (χ2n) is 2.49. The van der Waals surface area contributed by atoms with Crippen LogP contribution in [0.15, 0.2) is 0 Å². The van der Waals surface area contributed by atoms with Gasteiger partial charge >= 0.3 is 12.3 Å². The van der Waals surface area contributed by atoms with Crippen molar-refractivity contribution in [3.8, 4) is 0 Å². The lowest BCUT2D eigenvalue weighted by Crippen LogP contribution is -2.27. The molecule has 0 N–H and O–H groups in total. The molecule has 0 heterocycles. The zero-order valence-electron chi connectivity index (χ0n) is 6.37. The van der Waals surface area contributed by atoms with Crippen LogP contribution in [-0.2, 0) is 0 Å². The first kappa shape index (κ1) is 11.6. The van der Waals surface area contributed by atoms with Crippen molar-refractivity contribution >= 4 is 0 Å². The van der Waals surface area contributed by atoms with E-state index in [9.17, 15) is 22.0 Å². The molecule has 0 unspecified atom stereocenters. The molecule has 0 fully saturated rings. The molecule has 73 valence electrons. The Hall–Kier alpha value is -0.350. The van der Waals surface area contributed by atoms with Crippen molar-refractivity contribution in [2.24, 2.45) is 0 Å². The van der Waals surface area contributed by atoms with Gasteiger partial charge < -0.3 is 0 Å². The summed E-state index contributed by atoms with van der Waals surface area (Å²) in [5.41, 5.74) is 0. The van der Waals surface area contributed by atoms with Crippen LogP contribution in [0.1, 0.15) is 19.3 Å². The molecule has 12 heavy (non-hydrogen) atoms. The Kier molecular flexibility index (Phi) is 4.49. The molecule has 0 nitrogen and oxygen atoms in total.